The van der Waals surface area contributed by atoms with Crippen LogP contribution in [0.15, 0.2) is 84.3 Å². The first-order valence-electron chi connectivity index (χ1n) is 12.5. The summed E-state index contributed by atoms with van der Waals surface area (Å²) in [6.07, 6.45) is 14.8. The second-order valence-electron chi connectivity index (χ2n) is 7.83. The number of aldehydes is 1. The number of nitrogens with zero attached hydrogens (tertiary/aromatic N) is 1. The predicted octanol–water partition coefficient (Wildman–Crippen LogP) is 7.22. The first kappa shape index (κ1) is 29.8. The molecule has 1 fully saturated rings. The molecule has 1 unspecified atom stereocenters. The van der Waals surface area contributed by atoms with Crippen LogP contribution in [0.4, 0.5) is 0 Å². The van der Waals surface area contributed by atoms with Crippen molar-refractivity contribution in [3.63, 3.8) is 0 Å². The summed E-state index contributed by atoms with van der Waals surface area (Å²) in [6.45, 7) is 10.9. The first-order chi connectivity index (χ1) is 18.1. The second-order valence-corrected chi connectivity index (χ2v) is 8.24. The third-order valence-corrected chi connectivity index (χ3v) is 5.47. The molecular formula is C31H36ClNO4. The SMILES string of the molecule is C=Cc1ccc(CCc2ccc(COC(=C\C3CO3)/C(Cl)=C\C=C\OCC=O)cc2)nc1/C=C\C.CC. The van der Waals surface area contributed by atoms with Gasteiger partial charge in [0.1, 0.15) is 25.1 Å². The summed E-state index contributed by atoms with van der Waals surface area (Å²) in [7, 11) is 0. The Balaban J connectivity index is 0.00000235. The fraction of sp³-hybridized carbons (Fsp3) is 0.290. The van der Waals surface area contributed by atoms with Crippen molar-refractivity contribution in [2.75, 3.05) is 13.2 Å². The standard InChI is InChI=1S/C29H30ClNO4.C2H6/c1-3-6-28-24(4-2)13-15-25(31-28)14-12-22-8-10-23(11-9-22)20-35-29(19-26-21-34-26)27(30)7-5-17-33-18-16-32;1-2/h3-11,13,15-17,19,26H,2,12,14,18,20-21H2,1H3;1-2H3/b6-3-,17-5+,27-7+,29-19-;. The number of pyridine rings is 1. The second kappa shape index (κ2) is 17.1. The highest BCUT2D eigenvalue weighted by molar-refractivity contribution is 6.31. The van der Waals surface area contributed by atoms with Gasteiger partial charge < -0.3 is 14.2 Å². The van der Waals surface area contributed by atoms with Gasteiger partial charge in [-0.3, -0.25) is 9.78 Å². The van der Waals surface area contributed by atoms with Gasteiger partial charge in [0.15, 0.2) is 6.29 Å². The van der Waals surface area contributed by atoms with E-state index in [-0.39, 0.29) is 12.7 Å². The largest absolute Gasteiger partial charge is 0.494 e. The Morgan fingerprint density at radius 2 is 1.89 bits per heavy atom. The molecular weight excluding hydrogens is 486 g/mol. The van der Waals surface area contributed by atoms with Gasteiger partial charge in [0, 0.05) is 5.69 Å². The molecule has 3 rings (SSSR count). The van der Waals surface area contributed by atoms with Crippen LogP contribution in [0.1, 0.15) is 48.8 Å². The molecule has 0 aliphatic carbocycles. The molecule has 6 heteroatoms. The number of epoxide rings is 1. The zero-order valence-electron chi connectivity index (χ0n) is 21.9. The van der Waals surface area contributed by atoms with Crippen LogP contribution in [0.25, 0.3) is 12.2 Å². The zero-order chi connectivity index (χ0) is 26.9. The summed E-state index contributed by atoms with van der Waals surface area (Å²) in [5.41, 5.74) is 5.31. The van der Waals surface area contributed by atoms with Gasteiger partial charge in [0.25, 0.3) is 0 Å². The minimum atomic E-state index is 0.00239. The maximum absolute atomic E-state index is 10.3. The Bertz CT molecular complexity index is 1110. The number of aromatic nitrogens is 1. The average Bonchev–Trinajstić information content (AvgIpc) is 3.76. The molecule has 1 aromatic heterocycles. The molecule has 2 aromatic rings. The van der Waals surface area contributed by atoms with Crippen LogP contribution in [0.3, 0.4) is 0 Å². The van der Waals surface area contributed by atoms with Gasteiger partial charge in [-0.1, -0.05) is 74.5 Å². The van der Waals surface area contributed by atoms with E-state index >= 15 is 0 Å². The topological polar surface area (TPSA) is 61.0 Å². The molecule has 1 aromatic carbocycles. The molecule has 1 atom stereocenters. The third kappa shape index (κ3) is 11.0. The zero-order valence-corrected chi connectivity index (χ0v) is 22.6. The summed E-state index contributed by atoms with van der Waals surface area (Å²) >= 11 is 6.39. The van der Waals surface area contributed by atoms with Crippen molar-refractivity contribution in [2.45, 2.75) is 46.3 Å². The van der Waals surface area contributed by atoms with E-state index in [1.807, 2.05) is 45.1 Å². The number of halogens is 1. The first-order valence-corrected chi connectivity index (χ1v) is 12.9. The van der Waals surface area contributed by atoms with Crippen molar-refractivity contribution >= 4 is 30.0 Å². The highest BCUT2D eigenvalue weighted by Crippen LogP contribution is 2.23. The maximum atomic E-state index is 10.3. The van der Waals surface area contributed by atoms with Crippen molar-refractivity contribution in [2.24, 2.45) is 0 Å². The predicted molar refractivity (Wildman–Crippen MR) is 152 cm³/mol. The van der Waals surface area contributed by atoms with Crippen molar-refractivity contribution in [1.82, 2.24) is 4.98 Å². The van der Waals surface area contributed by atoms with E-state index in [0.29, 0.717) is 30.3 Å². The van der Waals surface area contributed by atoms with Gasteiger partial charge >= 0.3 is 0 Å². The Morgan fingerprint density at radius 1 is 1.16 bits per heavy atom. The van der Waals surface area contributed by atoms with E-state index < -0.39 is 0 Å². The Labute approximate surface area is 225 Å². The van der Waals surface area contributed by atoms with E-state index in [4.69, 9.17) is 30.8 Å². The quantitative estimate of drug-likeness (QED) is 0.0863. The Kier molecular flexibility index (Phi) is 13.8. The number of rotatable bonds is 14. The van der Waals surface area contributed by atoms with Gasteiger partial charge in [-0.25, -0.2) is 0 Å². The maximum Gasteiger partial charge on any atom is 0.157 e. The van der Waals surface area contributed by atoms with Crippen molar-refractivity contribution in [3.05, 3.63) is 112 Å². The number of hydrogen-bond donors (Lipinski definition) is 0. The van der Waals surface area contributed by atoms with Crippen molar-refractivity contribution in [3.8, 4) is 0 Å². The van der Waals surface area contributed by atoms with E-state index in [2.05, 4.69) is 43.0 Å². The molecule has 1 aliphatic rings. The van der Waals surface area contributed by atoms with Crippen molar-refractivity contribution < 1.29 is 19.0 Å². The van der Waals surface area contributed by atoms with Gasteiger partial charge in [0.05, 0.1) is 23.6 Å². The highest BCUT2D eigenvalue weighted by Gasteiger charge is 2.22. The lowest BCUT2D eigenvalue weighted by Gasteiger charge is -2.10. The van der Waals surface area contributed by atoms with E-state index in [1.165, 1.54) is 11.8 Å². The summed E-state index contributed by atoms with van der Waals surface area (Å²) in [4.78, 5) is 15.0. The third-order valence-electron chi connectivity index (χ3n) is 5.16. The summed E-state index contributed by atoms with van der Waals surface area (Å²) < 4.78 is 16.2. The highest BCUT2D eigenvalue weighted by atomic mass is 35.5. The van der Waals surface area contributed by atoms with E-state index in [0.717, 1.165) is 35.4 Å². The fourth-order valence-corrected chi connectivity index (χ4v) is 3.43. The normalized spacial score (nSPS) is 15.3. The molecule has 0 radical (unpaired) electrons. The van der Waals surface area contributed by atoms with Crippen LogP contribution in [0.5, 0.6) is 0 Å². The molecule has 0 bridgehead atoms. The minimum absolute atomic E-state index is 0.00239. The number of aryl methyl sites for hydroxylation is 2. The van der Waals surface area contributed by atoms with Crippen LogP contribution < -0.4 is 0 Å². The molecule has 2 heterocycles. The molecule has 0 amide bonds. The number of hydrogen-bond acceptors (Lipinski definition) is 5. The van der Waals surface area contributed by atoms with Crippen LogP contribution >= 0.6 is 11.6 Å². The molecule has 1 aliphatic heterocycles. The lowest BCUT2D eigenvalue weighted by molar-refractivity contribution is -0.110. The molecule has 0 N–H and O–H groups in total. The molecule has 0 spiro atoms. The van der Waals surface area contributed by atoms with Gasteiger partial charge in [-0.15, -0.1) is 0 Å². The van der Waals surface area contributed by atoms with Gasteiger partial charge in [-0.2, -0.15) is 0 Å². The molecule has 196 valence electrons. The number of carbonyl (C=O) groups is 1. The van der Waals surface area contributed by atoms with Crippen LogP contribution in [0.2, 0.25) is 0 Å². The molecule has 0 saturated carbocycles. The molecule has 37 heavy (non-hydrogen) atoms. The Morgan fingerprint density at radius 3 is 2.54 bits per heavy atom. The van der Waals surface area contributed by atoms with Gasteiger partial charge in [0.2, 0.25) is 0 Å². The van der Waals surface area contributed by atoms with Crippen molar-refractivity contribution in [1.29, 1.82) is 0 Å². The van der Waals surface area contributed by atoms with E-state index in [9.17, 15) is 4.79 Å². The van der Waals surface area contributed by atoms with Crippen LogP contribution in [0, 0.1) is 0 Å². The number of ether oxygens (including phenoxy) is 3. The van der Waals surface area contributed by atoms with Crippen LogP contribution in [-0.4, -0.2) is 30.6 Å². The van der Waals surface area contributed by atoms with E-state index in [1.54, 1.807) is 12.2 Å². The Hall–Kier alpha value is -3.41. The lowest BCUT2D eigenvalue weighted by Crippen LogP contribution is -1.99. The summed E-state index contributed by atoms with van der Waals surface area (Å²) in [6, 6.07) is 12.5. The average molecular weight is 522 g/mol. The number of allylic oxidation sites excluding steroid dienone is 4. The number of benzene rings is 1. The summed E-state index contributed by atoms with van der Waals surface area (Å²) in [5.74, 6) is 0.546. The smallest absolute Gasteiger partial charge is 0.157 e. The minimum Gasteiger partial charge on any atom is -0.494 e. The molecule has 5 nitrogen and oxygen atoms in total. The monoisotopic (exact) mass is 521 g/mol. The summed E-state index contributed by atoms with van der Waals surface area (Å²) in [5, 5.41) is 0.426. The molecule has 1 saturated heterocycles. The van der Waals surface area contributed by atoms with Gasteiger partial charge in [-0.05, 0) is 66.8 Å². The van der Waals surface area contributed by atoms with Crippen LogP contribution in [-0.2, 0) is 38.5 Å². The fourth-order valence-electron chi connectivity index (χ4n) is 3.24. The number of carbonyl (C=O) groups excluding carboxylic acids is 1. The lowest BCUT2D eigenvalue weighted by atomic mass is 10.0.